The van der Waals surface area contributed by atoms with Crippen LogP contribution in [0.3, 0.4) is 0 Å². The lowest BCUT2D eigenvalue weighted by molar-refractivity contribution is 0.234. The first-order valence-corrected chi connectivity index (χ1v) is 7.66. The summed E-state index contributed by atoms with van der Waals surface area (Å²) in [4.78, 5) is 11.8. The zero-order chi connectivity index (χ0) is 13.4. The van der Waals surface area contributed by atoms with Crippen LogP contribution in [-0.4, -0.2) is 26.0 Å². The highest BCUT2D eigenvalue weighted by atomic mass is 32.1. The lowest BCUT2D eigenvalue weighted by Gasteiger charge is -2.23. The van der Waals surface area contributed by atoms with Gasteiger partial charge in [0.25, 0.3) is 0 Å². The van der Waals surface area contributed by atoms with Crippen molar-refractivity contribution in [3.05, 3.63) is 33.8 Å². The second-order valence-corrected chi connectivity index (χ2v) is 6.40. The predicted molar refractivity (Wildman–Crippen MR) is 77.2 cm³/mol. The average molecular weight is 276 g/mol. The molecule has 3 rings (SSSR count). The van der Waals surface area contributed by atoms with Crippen LogP contribution in [0.5, 0.6) is 0 Å². The first-order chi connectivity index (χ1) is 9.13. The predicted octanol–water partition coefficient (Wildman–Crippen LogP) is 2.83. The molecule has 1 aliphatic heterocycles. The van der Waals surface area contributed by atoms with Crippen molar-refractivity contribution in [1.82, 2.24) is 19.4 Å². The van der Waals surface area contributed by atoms with Gasteiger partial charge >= 0.3 is 0 Å². The SMILES string of the molecule is Cc1cn(C)c([C@@H]2CCCN2Cc2csc(C)n2)n1. The Kier molecular flexibility index (Phi) is 3.41. The Morgan fingerprint density at radius 3 is 2.84 bits per heavy atom. The highest BCUT2D eigenvalue weighted by Gasteiger charge is 2.29. The van der Waals surface area contributed by atoms with Crippen LogP contribution in [0, 0.1) is 13.8 Å². The number of aromatic nitrogens is 3. The molecule has 19 heavy (non-hydrogen) atoms. The summed E-state index contributed by atoms with van der Waals surface area (Å²) in [5, 5.41) is 3.33. The summed E-state index contributed by atoms with van der Waals surface area (Å²) in [5.41, 5.74) is 2.30. The molecule has 1 fully saturated rings. The lowest BCUT2D eigenvalue weighted by atomic mass is 10.2. The van der Waals surface area contributed by atoms with Gasteiger partial charge in [-0.15, -0.1) is 11.3 Å². The Bertz CT molecular complexity index is 572. The number of hydrogen-bond donors (Lipinski definition) is 0. The molecule has 0 aliphatic carbocycles. The number of imidazole rings is 1. The van der Waals surface area contributed by atoms with Crippen LogP contribution >= 0.6 is 11.3 Å². The molecule has 0 N–H and O–H groups in total. The summed E-state index contributed by atoms with van der Waals surface area (Å²) < 4.78 is 2.17. The first-order valence-electron chi connectivity index (χ1n) is 6.78. The third-order valence-corrected chi connectivity index (χ3v) is 4.55. The Morgan fingerprint density at radius 2 is 2.21 bits per heavy atom. The number of thiazole rings is 1. The van der Waals surface area contributed by atoms with E-state index in [0.29, 0.717) is 6.04 Å². The average Bonchev–Trinajstić information content (AvgIpc) is 3.02. The van der Waals surface area contributed by atoms with Crippen molar-refractivity contribution in [3.8, 4) is 0 Å². The van der Waals surface area contributed by atoms with Crippen molar-refractivity contribution >= 4 is 11.3 Å². The molecule has 0 aromatic carbocycles. The van der Waals surface area contributed by atoms with Gasteiger partial charge in [-0.3, -0.25) is 4.90 Å². The van der Waals surface area contributed by atoms with E-state index in [1.807, 2.05) is 0 Å². The molecule has 0 saturated carbocycles. The van der Waals surface area contributed by atoms with E-state index < -0.39 is 0 Å². The molecular formula is C14H20N4S. The molecule has 3 heterocycles. The number of hydrogen-bond acceptors (Lipinski definition) is 4. The first kappa shape index (κ1) is 12.8. The molecule has 0 amide bonds. The van der Waals surface area contributed by atoms with E-state index >= 15 is 0 Å². The van der Waals surface area contributed by atoms with Crippen LogP contribution in [-0.2, 0) is 13.6 Å². The monoisotopic (exact) mass is 276 g/mol. The second kappa shape index (κ2) is 5.06. The van der Waals surface area contributed by atoms with Crippen LogP contribution in [0.15, 0.2) is 11.6 Å². The van der Waals surface area contributed by atoms with Gasteiger partial charge in [0, 0.05) is 25.2 Å². The van der Waals surface area contributed by atoms with Gasteiger partial charge in [0.15, 0.2) is 0 Å². The summed E-state index contributed by atoms with van der Waals surface area (Å²) in [5.74, 6) is 1.20. The Hall–Kier alpha value is -1.20. The molecule has 0 bridgehead atoms. The van der Waals surface area contributed by atoms with Crippen LogP contribution in [0.1, 0.15) is 41.1 Å². The topological polar surface area (TPSA) is 34.0 Å². The fourth-order valence-electron chi connectivity index (χ4n) is 2.94. The van der Waals surface area contributed by atoms with E-state index in [-0.39, 0.29) is 0 Å². The van der Waals surface area contributed by atoms with Gasteiger partial charge < -0.3 is 4.57 Å². The minimum Gasteiger partial charge on any atom is -0.336 e. The zero-order valence-electron chi connectivity index (χ0n) is 11.8. The van der Waals surface area contributed by atoms with Gasteiger partial charge in [0.2, 0.25) is 0 Å². The Labute approximate surface area is 118 Å². The molecule has 1 atom stereocenters. The van der Waals surface area contributed by atoms with Crippen molar-refractivity contribution < 1.29 is 0 Å². The van der Waals surface area contributed by atoms with Crippen molar-refractivity contribution in [3.63, 3.8) is 0 Å². The fraction of sp³-hybridized carbons (Fsp3) is 0.571. The van der Waals surface area contributed by atoms with Crippen LogP contribution in [0.4, 0.5) is 0 Å². The lowest BCUT2D eigenvalue weighted by Crippen LogP contribution is -2.25. The Balaban J connectivity index is 1.79. The molecule has 5 heteroatoms. The third kappa shape index (κ3) is 2.58. The quantitative estimate of drug-likeness (QED) is 0.864. The van der Waals surface area contributed by atoms with Crippen LogP contribution < -0.4 is 0 Å². The van der Waals surface area contributed by atoms with Crippen molar-refractivity contribution in [2.75, 3.05) is 6.54 Å². The van der Waals surface area contributed by atoms with Gasteiger partial charge in [-0.2, -0.15) is 0 Å². The molecule has 0 radical (unpaired) electrons. The summed E-state index contributed by atoms with van der Waals surface area (Å²) in [6.45, 7) is 6.22. The minimum atomic E-state index is 0.445. The van der Waals surface area contributed by atoms with Gasteiger partial charge in [-0.25, -0.2) is 9.97 Å². The zero-order valence-corrected chi connectivity index (χ0v) is 12.6. The van der Waals surface area contributed by atoms with Crippen LogP contribution in [0.25, 0.3) is 0 Å². The molecule has 0 spiro atoms. The molecule has 1 saturated heterocycles. The minimum absolute atomic E-state index is 0.445. The van der Waals surface area contributed by atoms with Gasteiger partial charge in [-0.1, -0.05) is 0 Å². The maximum atomic E-state index is 4.69. The standard InChI is InChI=1S/C14H20N4S/c1-10-7-17(3)14(15-10)13-5-4-6-18(13)8-12-9-19-11(2)16-12/h7,9,13H,4-6,8H2,1-3H3/t13-/m0/s1. The van der Waals surface area contributed by atoms with Crippen molar-refractivity contribution in [1.29, 1.82) is 0 Å². The van der Waals surface area contributed by atoms with Crippen molar-refractivity contribution in [2.45, 2.75) is 39.3 Å². The molecule has 102 valence electrons. The van der Waals surface area contributed by atoms with E-state index in [2.05, 4.69) is 46.9 Å². The smallest absolute Gasteiger partial charge is 0.126 e. The number of nitrogens with zero attached hydrogens (tertiary/aromatic N) is 4. The molecule has 1 aliphatic rings. The number of likely N-dealkylation sites (tertiary alicyclic amines) is 1. The molecule has 0 unspecified atom stereocenters. The Morgan fingerprint density at radius 1 is 1.37 bits per heavy atom. The maximum absolute atomic E-state index is 4.69. The fourth-order valence-corrected chi connectivity index (χ4v) is 3.54. The summed E-state index contributed by atoms with van der Waals surface area (Å²) >= 11 is 1.73. The molecule has 2 aromatic rings. The van der Waals surface area contributed by atoms with Crippen LogP contribution in [0.2, 0.25) is 0 Å². The molecule has 4 nitrogen and oxygen atoms in total. The molecule has 2 aromatic heterocycles. The summed E-state index contributed by atoms with van der Waals surface area (Å²) in [7, 11) is 2.10. The van der Waals surface area contributed by atoms with E-state index in [1.165, 1.54) is 24.4 Å². The van der Waals surface area contributed by atoms with Gasteiger partial charge in [0.05, 0.1) is 22.4 Å². The molecular weight excluding hydrogens is 256 g/mol. The highest BCUT2D eigenvalue weighted by molar-refractivity contribution is 7.09. The van der Waals surface area contributed by atoms with Gasteiger partial charge in [-0.05, 0) is 33.2 Å². The maximum Gasteiger partial charge on any atom is 0.126 e. The van der Waals surface area contributed by atoms with E-state index in [4.69, 9.17) is 4.98 Å². The van der Waals surface area contributed by atoms with E-state index in [1.54, 1.807) is 11.3 Å². The van der Waals surface area contributed by atoms with Crippen molar-refractivity contribution in [2.24, 2.45) is 7.05 Å². The summed E-state index contributed by atoms with van der Waals surface area (Å²) in [6.07, 6.45) is 4.56. The van der Waals surface area contributed by atoms with E-state index in [0.717, 1.165) is 23.8 Å². The highest BCUT2D eigenvalue weighted by Crippen LogP contribution is 2.32. The second-order valence-electron chi connectivity index (χ2n) is 5.34. The number of rotatable bonds is 3. The largest absolute Gasteiger partial charge is 0.336 e. The summed E-state index contributed by atoms with van der Waals surface area (Å²) in [6, 6.07) is 0.445. The van der Waals surface area contributed by atoms with Gasteiger partial charge in [0.1, 0.15) is 5.82 Å². The van der Waals surface area contributed by atoms with E-state index in [9.17, 15) is 0 Å². The normalized spacial score (nSPS) is 20.3. The third-order valence-electron chi connectivity index (χ3n) is 3.73. The number of aryl methyl sites for hydroxylation is 3.